The van der Waals surface area contributed by atoms with Crippen molar-refractivity contribution in [2.75, 3.05) is 6.61 Å². The molecule has 0 bridgehead atoms. The summed E-state index contributed by atoms with van der Waals surface area (Å²) in [6, 6.07) is 2.32. The van der Waals surface area contributed by atoms with Crippen molar-refractivity contribution >= 4 is 0 Å². The quantitative estimate of drug-likeness (QED) is 0.657. The molecule has 0 radical (unpaired) electrons. The molecule has 0 aromatic carbocycles. The van der Waals surface area contributed by atoms with Crippen LogP contribution < -0.4 is 11.3 Å². The largest absolute Gasteiger partial charge is 0.375 e. The first kappa shape index (κ1) is 14.0. The van der Waals surface area contributed by atoms with Crippen LogP contribution in [0.3, 0.4) is 0 Å². The van der Waals surface area contributed by atoms with E-state index in [2.05, 4.69) is 30.3 Å². The lowest BCUT2D eigenvalue weighted by Gasteiger charge is -2.48. The minimum absolute atomic E-state index is 0.136. The molecule has 1 aromatic rings. The van der Waals surface area contributed by atoms with Crippen LogP contribution in [0.2, 0.25) is 0 Å². The molecule has 2 fully saturated rings. The maximum atomic E-state index is 6.02. The van der Waals surface area contributed by atoms with Crippen LogP contribution in [0.4, 0.5) is 0 Å². The molecule has 3 N–H and O–H groups in total. The van der Waals surface area contributed by atoms with E-state index >= 15 is 0 Å². The predicted molar refractivity (Wildman–Crippen MR) is 79.0 cm³/mol. The Labute approximate surface area is 121 Å². The van der Waals surface area contributed by atoms with Gasteiger partial charge in [-0.2, -0.15) is 0 Å². The number of hydrazine groups is 1. The van der Waals surface area contributed by atoms with Crippen LogP contribution in [0.15, 0.2) is 12.3 Å². The second-order valence-corrected chi connectivity index (χ2v) is 6.50. The van der Waals surface area contributed by atoms with Gasteiger partial charge in [-0.3, -0.25) is 16.3 Å². The number of pyridine rings is 1. The highest BCUT2D eigenvalue weighted by atomic mass is 16.5. The first-order chi connectivity index (χ1) is 9.63. The van der Waals surface area contributed by atoms with E-state index in [4.69, 9.17) is 10.6 Å². The molecule has 2 heterocycles. The summed E-state index contributed by atoms with van der Waals surface area (Å²) >= 11 is 0. The van der Waals surface area contributed by atoms with Gasteiger partial charge < -0.3 is 4.74 Å². The lowest BCUT2D eigenvalue weighted by Crippen LogP contribution is -2.49. The molecule has 1 aliphatic heterocycles. The van der Waals surface area contributed by atoms with Crippen LogP contribution in [-0.4, -0.2) is 17.2 Å². The maximum Gasteiger partial charge on any atom is 0.0686 e. The van der Waals surface area contributed by atoms with Gasteiger partial charge in [0.25, 0.3) is 0 Å². The third-order valence-electron chi connectivity index (χ3n) is 5.00. The van der Waals surface area contributed by atoms with Gasteiger partial charge in [0.15, 0.2) is 0 Å². The number of hydrogen-bond donors (Lipinski definition) is 2. The normalized spacial score (nSPS) is 26.2. The molecular formula is C16H25N3O. The first-order valence-corrected chi connectivity index (χ1v) is 7.67. The van der Waals surface area contributed by atoms with Gasteiger partial charge in [-0.1, -0.05) is 6.07 Å². The number of nitrogens with zero attached hydrogens (tertiary/aromatic N) is 1. The summed E-state index contributed by atoms with van der Waals surface area (Å²) in [5.41, 5.74) is 6.69. The van der Waals surface area contributed by atoms with Gasteiger partial charge in [0.2, 0.25) is 0 Å². The van der Waals surface area contributed by atoms with Crippen LogP contribution in [0.1, 0.15) is 55.0 Å². The van der Waals surface area contributed by atoms with Gasteiger partial charge in [0, 0.05) is 12.8 Å². The highest BCUT2D eigenvalue weighted by Crippen LogP contribution is 2.47. The average Bonchev–Trinajstić information content (AvgIpc) is 2.40. The topological polar surface area (TPSA) is 60.2 Å². The molecule has 110 valence electrons. The standard InChI is InChI=1S/C16H25N3O/c1-11-8-12(2)14(18-10-11)15(19-17)13-4-7-20-16(9-13)5-3-6-16/h8,10,13,15,19H,3-7,9,17H2,1-2H3. The number of nitrogens with one attached hydrogen (secondary N) is 1. The summed E-state index contributed by atoms with van der Waals surface area (Å²) in [7, 11) is 0. The zero-order valence-electron chi connectivity index (χ0n) is 12.5. The van der Waals surface area contributed by atoms with Gasteiger partial charge in [0.1, 0.15) is 0 Å². The summed E-state index contributed by atoms with van der Waals surface area (Å²) in [5.74, 6) is 6.38. The number of nitrogens with two attached hydrogens (primary N) is 1. The third kappa shape index (κ3) is 2.48. The number of aromatic nitrogens is 1. The fraction of sp³-hybridized carbons (Fsp3) is 0.688. The van der Waals surface area contributed by atoms with Crippen molar-refractivity contribution in [1.29, 1.82) is 0 Å². The zero-order chi connectivity index (χ0) is 14.2. The molecule has 1 spiro atoms. The molecule has 20 heavy (non-hydrogen) atoms. The van der Waals surface area contributed by atoms with Gasteiger partial charge in [-0.15, -0.1) is 0 Å². The van der Waals surface area contributed by atoms with Crippen LogP contribution in [0.5, 0.6) is 0 Å². The van der Waals surface area contributed by atoms with Crippen molar-refractivity contribution in [3.05, 3.63) is 29.1 Å². The summed E-state index contributed by atoms with van der Waals surface area (Å²) in [4.78, 5) is 4.63. The fourth-order valence-corrected chi connectivity index (χ4v) is 3.76. The second kappa shape index (κ2) is 5.43. The van der Waals surface area contributed by atoms with E-state index in [0.717, 1.165) is 25.1 Å². The lowest BCUT2D eigenvalue weighted by atomic mass is 9.70. The van der Waals surface area contributed by atoms with E-state index in [1.54, 1.807) is 0 Å². The molecule has 0 amide bonds. The van der Waals surface area contributed by atoms with Crippen LogP contribution >= 0.6 is 0 Å². The Hall–Kier alpha value is -0.970. The van der Waals surface area contributed by atoms with Crippen LogP contribution in [-0.2, 0) is 4.74 Å². The number of ether oxygens (including phenoxy) is 1. The van der Waals surface area contributed by atoms with E-state index in [9.17, 15) is 0 Å². The van der Waals surface area contributed by atoms with Crippen molar-refractivity contribution in [1.82, 2.24) is 10.4 Å². The molecule has 4 nitrogen and oxygen atoms in total. The highest BCUT2D eigenvalue weighted by Gasteiger charge is 2.44. The molecule has 2 atom stereocenters. The lowest BCUT2D eigenvalue weighted by molar-refractivity contribution is -0.147. The van der Waals surface area contributed by atoms with E-state index < -0.39 is 0 Å². The molecule has 1 aromatic heterocycles. The van der Waals surface area contributed by atoms with Gasteiger partial charge in [0.05, 0.1) is 17.3 Å². The second-order valence-electron chi connectivity index (χ2n) is 6.50. The Balaban J connectivity index is 1.81. The first-order valence-electron chi connectivity index (χ1n) is 7.67. The van der Waals surface area contributed by atoms with Gasteiger partial charge >= 0.3 is 0 Å². The predicted octanol–water partition coefficient (Wildman–Crippen LogP) is 2.55. The van der Waals surface area contributed by atoms with E-state index in [1.165, 1.54) is 30.4 Å². The Bertz CT molecular complexity index is 485. The SMILES string of the molecule is Cc1cnc(C(NN)C2CCOC3(CCC3)C2)c(C)c1. The average molecular weight is 275 g/mol. The Morgan fingerprint density at radius 3 is 2.85 bits per heavy atom. The smallest absolute Gasteiger partial charge is 0.0686 e. The molecule has 1 saturated carbocycles. The highest BCUT2D eigenvalue weighted by molar-refractivity contribution is 5.26. The van der Waals surface area contributed by atoms with E-state index in [1.807, 2.05) is 6.20 Å². The fourth-order valence-electron chi connectivity index (χ4n) is 3.76. The maximum absolute atomic E-state index is 6.02. The Morgan fingerprint density at radius 1 is 1.45 bits per heavy atom. The third-order valence-corrected chi connectivity index (χ3v) is 5.00. The van der Waals surface area contributed by atoms with Gasteiger partial charge in [-0.05, 0) is 63.0 Å². The zero-order valence-corrected chi connectivity index (χ0v) is 12.5. The monoisotopic (exact) mass is 275 g/mol. The summed E-state index contributed by atoms with van der Waals surface area (Å²) < 4.78 is 6.02. The van der Waals surface area contributed by atoms with Crippen LogP contribution in [0.25, 0.3) is 0 Å². The minimum atomic E-state index is 0.136. The summed E-state index contributed by atoms with van der Waals surface area (Å²) in [6.45, 7) is 5.05. The number of hydrogen-bond acceptors (Lipinski definition) is 4. The van der Waals surface area contributed by atoms with Crippen molar-refractivity contribution in [3.63, 3.8) is 0 Å². The molecule has 1 saturated heterocycles. The summed E-state index contributed by atoms with van der Waals surface area (Å²) in [5, 5.41) is 0. The molecule has 1 aliphatic carbocycles. The van der Waals surface area contributed by atoms with Crippen molar-refractivity contribution in [2.24, 2.45) is 11.8 Å². The molecular weight excluding hydrogens is 250 g/mol. The van der Waals surface area contributed by atoms with Gasteiger partial charge in [-0.25, -0.2) is 0 Å². The van der Waals surface area contributed by atoms with Crippen molar-refractivity contribution in [3.8, 4) is 0 Å². The van der Waals surface area contributed by atoms with E-state index in [0.29, 0.717) is 5.92 Å². The molecule has 4 heteroatoms. The minimum Gasteiger partial charge on any atom is -0.375 e. The Morgan fingerprint density at radius 2 is 2.25 bits per heavy atom. The van der Waals surface area contributed by atoms with Crippen molar-refractivity contribution in [2.45, 2.75) is 57.6 Å². The Kier molecular flexibility index (Phi) is 3.80. The van der Waals surface area contributed by atoms with E-state index in [-0.39, 0.29) is 11.6 Å². The number of aryl methyl sites for hydroxylation is 2. The van der Waals surface area contributed by atoms with Crippen molar-refractivity contribution < 1.29 is 4.74 Å². The molecule has 2 unspecified atom stereocenters. The van der Waals surface area contributed by atoms with Crippen LogP contribution in [0, 0.1) is 19.8 Å². The molecule has 3 rings (SSSR count). The summed E-state index contributed by atoms with van der Waals surface area (Å²) in [6.07, 6.45) is 7.82. The molecule has 2 aliphatic rings. The number of rotatable bonds is 3.